The van der Waals surface area contributed by atoms with E-state index in [0.29, 0.717) is 23.6 Å². The SMILES string of the molecule is CCOC(=O)c1ccc(NC(=O)c2ccc(N3CCCCC3)cn2)cc1. The number of nitrogens with zero attached hydrogens (tertiary/aromatic N) is 2. The zero-order chi connectivity index (χ0) is 18.4. The molecule has 1 aromatic carbocycles. The van der Waals surface area contributed by atoms with E-state index in [4.69, 9.17) is 4.74 Å². The molecule has 26 heavy (non-hydrogen) atoms. The molecular formula is C20H23N3O3. The Hall–Kier alpha value is -2.89. The van der Waals surface area contributed by atoms with Gasteiger partial charge >= 0.3 is 5.97 Å². The molecule has 2 heterocycles. The van der Waals surface area contributed by atoms with Gasteiger partial charge in [-0.3, -0.25) is 4.79 Å². The number of carbonyl (C=O) groups excluding carboxylic acids is 2. The molecule has 1 saturated heterocycles. The molecule has 3 rings (SSSR count). The maximum absolute atomic E-state index is 12.3. The number of amides is 1. The molecule has 1 aromatic heterocycles. The third kappa shape index (κ3) is 4.39. The molecule has 1 N–H and O–H groups in total. The molecule has 1 amide bonds. The molecule has 2 aromatic rings. The van der Waals surface area contributed by atoms with Crippen LogP contribution in [0.1, 0.15) is 47.0 Å². The van der Waals surface area contributed by atoms with Crippen molar-refractivity contribution in [2.45, 2.75) is 26.2 Å². The molecule has 0 aliphatic carbocycles. The summed E-state index contributed by atoms with van der Waals surface area (Å²) in [5.41, 5.74) is 2.47. The van der Waals surface area contributed by atoms with Gasteiger partial charge in [0.25, 0.3) is 5.91 Å². The van der Waals surface area contributed by atoms with Gasteiger partial charge < -0.3 is 15.0 Å². The summed E-state index contributed by atoms with van der Waals surface area (Å²) in [7, 11) is 0. The van der Waals surface area contributed by atoms with Crippen LogP contribution in [-0.4, -0.2) is 36.6 Å². The third-order valence-corrected chi connectivity index (χ3v) is 4.36. The van der Waals surface area contributed by atoms with Crippen molar-refractivity contribution in [3.8, 4) is 0 Å². The molecule has 0 radical (unpaired) electrons. The molecule has 0 atom stereocenters. The summed E-state index contributed by atoms with van der Waals surface area (Å²) in [6.45, 7) is 4.17. The minimum atomic E-state index is -0.375. The second kappa shape index (κ2) is 8.47. The van der Waals surface area contributed by atoms with Crippen LogP contribution in [0.5, 0.6) is 0 Å². The lowest BCUT2D eigenvalue weighted by molar-refractivity contribution is 0.0526. The predicted molar refractivity (Wildman–Crippen MR) is 101 cm³/mol. The van der Waals surface area contributed by atoms with Crippen LogP contribution < -0.4 is 10.2 Å². The second-order valence-electron chi connectivity index (χ2n) is 6.20. The molecule has 1 aliphatic rings. The van der Waals surface area contributed by atoms with Crippen molar-refractivity contribution in [3.05, 3.63) is 53.9 Å². The number of anilines is 2. The Bertz CT molecular complexity index is 751. The maximum Gasteiger partial charge on any atom is 0.338 e. The van der Waals surface area contributed by atoms with Crippen molar-refractivity contribution >= 4 is 23.3 Å². The highest BCUT2D eigenvalue weighted by Crippen LogP contribution is 2.19. The minimum Gasteiger partial charge on any atom is -0.462 e. The van der Waals surface area contributed by atoms with Crippen molar-refractivity contribution in [1.82, 2.24) is 4.98 Å². The fourth-order valence-electron chi connectivity index (χ4n) is 2.96. The number of pyridine rings is 1. The van der Waals surface area contributed by atoms with Crippen LogP contribution >= 0.6 is 0 Å². The van der Waals surface area contributed by atoms with Crippen molar-refractivity contribution in [2.75, 3.05) is 29.9 Å². The number of carbonyl (C=O) groups is 2. The van der Waals surface area contributed by atoms with Gasteiger partial charge in [-0.1, -0.05) is 0 Å². The van der Waals surface area contributed by atoms with E-state index in [2.05, 4.69) is 15.2 Å². The van der Waals surface area contributed by atoms with E-state index in [1.807, 2.05) is 6.07 Å². The molecule has 136 valence electrons. The number of rotatable bonds is 5. The van der Waals surface area contributed by atoms with E-state index in [-0.39, 0.29) is 11.9 Å². The number of esters is 1. The highest BCUT2D eigenvalue weighted by atomic mass is 16.5. The molecule has 0 unspecified atom stereocenters. The third-order valence-electron chi connectivity index (χ3n) is 4.36. The molecule has 6 heteroatoms. The molecule has 0 bridgehead atoms. The number of aromatic nitrogens is 1. The van der Waals surface area contributed by atoms with Crippen molar-refractivity contribution in [1.29, 1.82) is 0 Å². The van der Waals surface area contributed by atoms with E-state index in [1.165, 1.54) is 19.3 Å². The summed E-state index contributed by atoms with van der Waals surface area (Å²) in [6.07, 6.45) is 5.43. The van der Waals surface area contributed by atoms with Crippen LogP contribution in [0.4, 0.5) is 11.4 Å². The average Bonchev–Trinajstić information content (AvgIpc) is 2.69. The monoisotopic (exact) mass is 353 g/mol. The lowest BCUT2D eigenvalue weighted by atomic mass is 10.1. The van der Waals surface area contributed by atoms with E-state index in [9.17, 15) is 9.59 Å². The van der Waals surface area contributed by atoms with Gasteiger partial charge in [-0.15, -0.1) is 0 Å². The lowest BCUT2D eigenvalue weighted by Gasteiger charge is -2.28. The molecular weight excluding hydrogens is 330 g/mol. The molecule has 1 fully saturated rings. The van der Waals surface area contributed by atoms with Crippen LogP contribution in [0, 0.1) is 0 Å². The molecule has 1 aliphatic heterocycles. The normalized spacial score (nSPS) is 14.0. The zero-order valence-electron chi connectivity index (χ0n) is 14.9. The van der Waals surface area contributed by atoms with Gasteiger partial charge in [0.2, 0.25) is 0 Å². The second-order valence-corrected chi connectivity index (χ2v) is 6.20. The number of benzene rings is 1. The Morgan fingerprint density at radius 1 is 1.08 bits per heavy atom. The Morgan fingerprint density at radius 3 is 2.42 bits per heavy atom. The van der Waals surface area contributed by atoms with E-state index < -0.39 is 0 Å². The summed E-state index contributed by atoms with van der Waals surface area (Å²) in [5, 5.41) is 2.79. The topological polar surface area (TPSA) is 71.5 Å². The first-order valence-corrected chi connectivity index (χ1v) is 8.97. The summed E-state index contributed by atoms with van der Waals surface area (Å²) in [5.74, 6) is -0.653. The standard InChI is InChI=1S/C20H23N3O3/c1-2-26-20(25)15-6-8-16(9-7-15)22-19(24)18-11-10-17(14-21-18)23-12-4-3-5-13-23/h6-11,14H,2-5,12-13H2,1H3,(H,22,24). The number of nitrogens with one attached hydrogen (secondary N) is 1. The quantitative estimate of drug-likeness (QED) is 0.833. The van der Waals surface area contributed by atoms with Crippen molar-refractivity contribution in [2.24, 2.45) is 0 Å². The summed E-state index contributed by atoms with van der Waals surface area (Å²) in [4.78, 5) is 30.6. The van der Waals surface area contributed by atoms with Crippen LogP contribution in [0.25, 0.3) is 0 Å². The lowest BCUT2D eigenvalue weighted by Crippen LogP contribution is -2.29. The van der Waals surface area contributed by atoms with Gasteiger partial charge in [-0.05, 0) is 62.6 Å². The Morgan fingerprint density at radius 2 is 1.81 bits per heavy atom. The van der Waals surface area contributed by atoms with E-state index in [0.717, 1.165) is 18.8 Å². The van der Waals surface area contributed by atoms with Crippen LogP contribution in [0.2, 0.25) is 0 Å². The van der Waals surface area contributed by atoms with Gasteiger partial charge in [-0.2, -0.15) is 0 Å². The number of hydrogen-bond donors (Lipinski definition) is 1. The van der Waals surface area contributed by atoms with Crippen LogP contribution in [0.3, 0.4) is 0 Å². The number of hydrogen-bond acceptors (Lipinski definition) is 5. The first kappa shape index (κ1) is 17.9. The summed E-state index contributed by atoms with van der Waals surface area (Å²) < 4.78 is 4.94. The van der Waals surface area contributed by atoms with Crippen molar-refractivity contribution < 1.29 is 14.3 Å². The van der Waals surface area contributed by atoms with Gasteiger partial charge in [0.15, 0.2) is 0 Å². The maximum atomic E-state index is 12.3. The molecule has 0 spiro atoms. The minimum absolute atomic E-state index is 0.279. The largest absolute Gasteiger partial charge is 0.462 e. The molecule has 6 nitrogen and oxygen atoms in total. The highest BCUT2D eigenvalue weighted by molar-refractivity contribution is 6.03. The summed E-state index contributed by atoms with van der Waals surface area (Å²) >= 11 is 0. The predicted octanol–water partition coefficient (Wildman–Crippen LogP) is 3.50. The van der Waals surface area contributed by atoms with Gasteiger partial charge in [-0.25, -0.2) is 9.78 Å². The van der Waals surface area contributed by atoms with Crippen LogP contribution in [0.15, 0.2) is 42.6 Å². The van der Waals surface area contributed by atoms with E-state index in [1.54, 1.807) is 43.5 Å². The van der Waals surface area contributed by atoms with Crippen molar-refractivity contribution in [3.63, 3.8) is 0 Å². The number of piperidine rings is 1. The first-order chi connectivity index (χ1) is 12.7. The fraction of sp³-hybridized carbons (Fsp3) is 0.350. The fourth-order valence-corrected chi connectivity index (χ4v) is 2.96. The smallest absolute Gasteiger partial charge is 0.338 e. The zero-order valence-corrected chi connectivity index (χ0v) is 14.9. The first-order valence-electron chi connectivity index (χ1n) is 8.97. The Labute approximate surface area is 153 Å². The Kier molecular flexibility index (Phi) is 5.84. The molecule has 0 saturated carbocycles. The van der Waals surface area contributed by atoms with Gasteiger partial charge in [0, 0.05) is 18.8 Å². The summed E-state index contributed by atoms with van der Waals surface area (Å²) in [6, 6.07) is 10.3. The van der Waals surface area contributed by atoms with Gasteiger partial charge in [0.1, 0.15) is 5.69 Å². The van der Waals surface area contributed by atoms with Gasteiger partial charge in [0.05, 0.1) is 24.1 Å². The Balaban J connectivity index is 1.61. The average molecular weight is 353 g/mol. The highest BCUT2D eigenvalue weighted by Gasteiger charge is 2.13. The van der Waals surface area contributed by atoms with Crippen LogP contribution in [-0.2, 0) is 4.74 Å². The van der Waals surface area contributed by atoms with E-state index >= 15 is 0 Å². The number of ether oxygens (including phenoxy) is 1.